The third kappa shape index (κ3) is 2.28. The highest BCUT2D eigenvalue weighted by Crippen LogP contribution is 2.26. The van der Waals surface area contributed by atoms with Crippen molar-refractivity contribution in [3.8, 4) is 11.8 Å². The normalized spacial score (nSPS) is 14.4. The molecule has 1 aliphatic rings. The molecule has 1 aromatic heterocycles. The van der Waals surface area contributed by atoms with Gasteiger partial charge in [0.25, 0.3) is 0 Å². The van der Waals surface area contributed by atoms with E-state index in [0.717, 1.165) is 5.56 Å². The van der Waals surface area contributed by atoms with Crippen LogP contribution in [0.5, 0.6) is 5.75 Å². The van der Waals surface area contributed by atoms with Crippen molar-refractivity contribution < 1.29 is 9.53 Å². The zero-order valence-corrected chi connectivity index (χ0v) is 10.5. The first kappa shape index (κ1) is 12.4. The van der Waals surface area contributed by atoms with Gasteiger partial charge in [0.1, 0.15) is 24.0 Å². The Balaban J connectivity index is 2.31. The van der Waals surface area contributed by atoms with Crippen LogP contribution in [0.3, 0.4) is 0 Å². The Hall–Kier alpha value is -2.09. The van der Waals surface area contributed by atoms with Gasteiger partial charge in [0.15, 0.2) is 0 Å². The predicted octanol–water partition coefficient (Wildman–Crippen LogP) is 1.33. The maximum absolute atomic E-state index is 12.0. The summed E-state index contributed by atoms with van der Waals surface area (Å²) in [4.78, 5) is 17.8. The fraction of sp³-hybridized carbons (Fsp3) is 0.462. The van der Waals surface area contributed by atoms with Gasteiger partial charge < -0.3 is 9.64 Å². The minimum Gasteiger partial charge on any atom is -0.490 e. The molecular weight excluding hydrogens is 230 g/mol. The number of rotatable bonds is 1. The van der Waals surface area contributed by atoms with Crippen LogP contribution in [0.25, 0.3) is 0 Å². The molecule has 0 aromatic carbocycles. The molecule has 0 saturated heterocycles. The Bertz CT molecular complexity index is 505. The van der Waals surface area contributed by atoms with Crippen LogP contribution < -0.4 is 4.74 Å². The van der Waals surface area contributed by atoms with Crippen LogP contribution in [0.4, 0.5) is 0 Å². The van der Waals surface area contributed by atoms with Crippen molar-refractivity contribution in [2.75, 3.05) is 13.2 Å². The van der Waals surface area contributed by atoms with Crippen molar-refractivity contribution in [2.45, 2.75) is 20.4 Å². The molecular formula is C13H15N3O2. The first-order valence-corrected chi connectivity index (χ1v) is 5.92. The van der Waals surface area contributed by atoms with E-state index in [1.807, 2.05) is 13.8 Å². The number of ether oxygens (including phenoxy) is 1. The van der Waals surface area contributed by atoms with Gasteiger partial charge in [0.05, 0.1) is 13.1 Å². The summed E-state index contributed by atoms with van der Waals surface area (Å²) < 4.78 is 5.57. The van der Waals surface area contributed by atoms with Gasteiger partial charge in [-0.3, -0.25) is 9.78 Å². The highest BCUT2D eigenvalue weighted by Gasteiger charge is 2.23. The molecule has 0 N–H and O–H groups in total. The first-order valence-electron chi connectivity index (χ1n) is 5.92. The number of hydrogen-bond donors (Lipinski definition) is 0. The number of fused-ring (bicyclic) bond motifs is 1. The van der Waals surface area contributed by atoms with Crippen molar-refractivity contribution >= 4 is 5.91 Å². The number of carbonyl (C=O) groups is 1. The lowest BCUT2D eigenvalue weighted by Crippen LogP contribution is -2.35. The van der Waals surface area contributed by atoms with Crippen LogP contribution >= 0.6 is 0 Å². The maximum atomic E-state index is 12.0. The number of aromatic nitrogens is 1. The SMILES string of the molecule is CC(C)C(=O)N1CCOc2c(C#N)cncc2C1. The van der Waals surface area contributed by atoms with E-state index >= 15 is 0 Å². The van der Waals surface area contributed by atoms with Crippen molar-refractivity contribution in [3.05, 3.63) is 23.5 Å². The molecule has 1 amide bonds. The van der Waals surface area contributed by atoms with Crippen molar-refractivity contribution in [3.63, 3.8) is 0 Å². The highest BCUT2D eigenvalue weighted by molar-refractivity contribution is 5.78. The minimum atomic E-state index is -0.0429. The number of nitrogens with zero attached hydrogens (tertiary/aromatic N) is 3. The molecule has 1 aliphatic heterocycles. The summed E-state index contributed by atoms with van der Waals surface area (Å²) in [5.74, 6) is 0.610. The van der Waals surface area contributed by atoms with Crippen LogP contribution in [0, 0.1) is 17.2 Å². The van der Waals surface area contributed by atoms with E-state index in [1.165, 1.54) is 6.20 Å². The van der Waals surface area contributed by atoms with Gasteiger partial charge >= 0.3 is 0 Å². The number of amides is 1. The van der Waals surface area contributed by atoms with E-state index in [1.54, 1.807) is 11.1 Å². The van der Waals surface area contributed by atoms with Crippen molar-refractivity contribution in [1.29, 1.82) is 5.26 Å². The summed E-state index contributed by atoms with van der Waals surface area (Å²) in [6.07, 6.45) is 3.14. The monoisotopic (exact) mass is 245 g/mol. The number of hydrogen-bond acceptors (Lipinski definition) is 4. The van der Waals surface area contributed by atoms with Crippen LogP contribution in [0.1, 0.15) is 25.0 Å². The molecule has 0 spiro atoms. The smallest absolute Gasteiger partial charge is 0.225 e. The lowest BCUT2D eigenvalue weighted by atomic mass is 10.1. The fourth-order valence-electron chi connectivity index (χ4n) is 1.95. The molecule has 0 fully saturated rings. The Morgan fingerprint density at radius 2 is 2.33 bits per heavy atom. The molecule has 5 nitrogen and oxygen atoms in total. The van der Waals surface area contributed by atoms with Gasteiger partial charge in [0.2, 0.25) is 5.91 Å². The van der Waals surface area contributed by atoms with Crippen molar-refractivity contribution in [2.24, 2.45) is 5.92 Å². The summed E-state index contributed by atoms with van der Waals surface area (Å²) >= 11 is 0. The van der Waals surface area contributed by atoms with Crippen LogP contribution in [0.15, 0.2) is 12.4 Å². The standard InChI is InChI=1S/C13H15N3O2/c1-9(2)13(17)16-3-4-18-12-10(5-14)6-15-7-11(12)8-16/h6-7,9H,3-4,8H2,1-2H3. The van der Waals surface area contributed by atoms with E-state index in [-0.39, 0.29) is 11.8 Å². The Labute approximate surface area is 106 Å². The maximum Gasteiger partial charge on any atom is 0.225 e. The molecule has 0 atom stereocenters. The summed E-state index contributed by atoms with van der Waals surface area (Å²) in [6, 6.07) is 2.06. The van der Waals surface area contributed by atoms with Gasteiger partial charge in [-0.2, -0.15) is 5.26 Å². The molecule has 1 aromatic rings. The second kappa shape index (κ2) is 5.05. The van der Waals surface area contributed by atoms with E-state index in [2.05, 4.69) is 11.1 Å². The third-order valence-electron chi connectivity index (χ3n) is 2.87. The molecule has 0 saturated carbocycles. The summed E-state index contributed by atoms with van der Waals surface area (Å²) in [5, 5.41) is 9.00. The zero-order valence-electron chi connectivity index (χ0n) is 10.5. The lowest BCUT2D eigenvalue weighted by molar-refractivity contribution is -0.135. The molecule has 2 heterocycles. The highest BCUT2D eigenvalue weighted by atomic mass is 16.5. The van der Waals surface area contributed by atoms with Crippen LogP contribution in [-0.2, 0) is 11.3 Å². The first-order chi connectivity index (χ1) is 8.63. The average molecular weight is 245 g/mol. The van der Waals surface area contributed by atoms with E-state index in [0.29, 0.717) is 31.0 Å². The van der Waals surface area contributed by atoms with Gasteiger partial charge in [-0.05, 0) is 0 Å². The second-order valence-electron chi connectivity index (χ2n) is 4.55. The molecule has 0 aliphatic carbocycles. The molecule has 0 radical (unpaired) electrons. The lowest BCUT2D eigenvalue weighted by Gasteiger charge is -2.21. The van der Waals surface area contributed by atoms with Crippen LogP contribution in [-0.4, -0.2) is 28.9 Å². The van der Waals surface area contributed by atoms with Crippen molar-refractivity contribution in [1.82, 2.24) is 9.88 Å². The summed E-state index contributed by atoms with van der Waals surface area (Å²) in [5.41, 5.74) is 1.21. The molecule has 18 heavy (non-hydrogen) atoms. The topological polar surface area (TPSA) is 66.2 Å². The minimum absolute atomic E-state index is 0.0429. The molecule has 5 heteroatoms. The molecule has 0 unspecified atom stereocenters. The quantitative estimate of drug-likeness (QED) is 0.748. The Morgan fingerprint density at radius 1 is 1.56 bits per heavy atom. The average Bonchev–Trinajstić information content (AvgIpc) is 2.59. The largest absolute Gasteiger partial charge is 0.490 e. The van der Waals surface area contributed by atoms with E-state index < -0.39 is 0 Å². The van der Waals surface area contributed by atoms with Gasteiger partial charge in [-0.25, -0.2) is 0 Å². The van der Waals surface area contributed by atoms with Gasteiger partial charge in [-0.1, -0.05) is 13.8 Å². The van der Waals surface area contributed by atoms with Gasteiger partial charge in [-0.15, -0.1) is 0 Å². The molecule has 94 valence electrons. The van der Waals surface area contributed by atoms with E-state index in [4.69, 9.17) is 10.00 Å². The third-order valence-corrected chi connectivity index (χ3v) is 2.87. The molecule has 2 rings (SSSR count). The van der Waals surface area contributed by atoms with E-state index in [9.17, 15) is 4.79 Å². The Morgan fingerprint density at radius 3 is 3.00 bits per heavy atom. The zero-order chi connectivity index (χ0) is 13.1. The fourth-order valence-corrected chi connectivity index (χ4v) is 1.95. The second-order valence-corrected chi connectivity index (χ2v) is 4.55. The van der Waals surface area contributed by atoms with Gasteiger partial charge in [0, 0.05) is 23.9 Å². The number of pyridine rings is 1. The number of carbonyl (C=O) groups excluding carboxylic acids is 1. The van der Waals surface area contributed by atoms with Crippen LogP contribution in [0.2, 0.25) is 0 Å². The predicted molar refractivity (Wildman–Crippen MR) is 64.7 cm³/mol. The number of nitriles is 1. The Kier molecular flexibility index (Phi) is 3.47. The summed E-state index contributed by atoms with van der Waals surface area (Å²) in [6.45, 7) is 5.15. The summed E-state index contributed by atoms with van der Waals surface area (Å²) in [7, 11) is 0. The molecule has 0 bridgehead atoms.